The molecule has 2 aliphatic heterocycles. The second kappa shape index (κ2) is 6.14. The molecule has 2 heterocycles. The molecule has 0 unspecified atom stereocenters. The molecule has 9 nitrogen and oxygen atoms in total. The largest absolute Gasteiger partial charge is 0.396 e. The lowest BCUT2D eigenvalue weighted by Gasteiger charge is -2.41. The minimum Gasteiger partial charge on any atom is -0.396 e. The molecule has 10 heteroatoms. The number of amides is 6. The van der Waals surface area contributed by atoms with E-state index >= 15 is 0 Å². The second-order valence-corrected chi connectivity index (χ2v) is 7.75. The Kier molecular flexibility index (Phi) is 4.45. The van der Waals surface area contributed by atoms with Crippen LogP contribution in [0.3, 0.4) is 0 Å². The number of carbonyl (C=O) groups is 4. The van der Waals surface area contributed by atoms with Gasteiger partial charge in [0.1, 0.15) is 11.1 Å². The number of aliphatic hydroxyl groups excluding tert-OH is 1. The average Bonchev–Trinajstić information content (AvgIpc) is 2.91. The quantitative estimate of drug-likeness (QED) is 0.217. The average molecular weight is 450 g/mol. The van der Waals surface area contributed by atoms with Gasteiger partial charge in [0.25, 0.3) is 11.8 Å². The van der Waals surface area contributed by atoms with E-state index in [1.807, 2.05) is 0 Å². The van der Waals surface area contributed by atoms with E-state index in [-0.39, 0.29) is 30.4 Å². The third kappa shape index (κ3) is 2.85. The summed E-state index contributed by atoms with van der Waals surface area (Å²) in [5.74, 6) is 0.356. The highest BCUT2D eigenvalue weighted by atomic mass is 127. The number of hydrogen-bond donors (Lipinski definition) is 5. The molecule has 0 bridgehead atoms. The van der Waals surface area contributed by atoms with Crippen LogP contribution in [-0.4, -0.2) is 51.1 Å². The lowest BCUT2D eigenvalue weighted by atomic mass is 9.69. The van der Waals surface area contributed by atoms with Crippen molar-refractivity contribution in [1.82, 2.24) is 21.3 Å². The van der Waals surface area contributed by atoms with Crippen molar-refractivity contribution in [3.63, 3.8) is 0 Å². The molecule has 0 aromatic carbocycles. The van der Waals surface area contributed by atoms with Crippen molar-refractivity contribution < 1.29 is 24.3 Å². The van der Waals surface area contributed by atoms with E-state index < -0.39 is 17.1 Å². The molecule has 0 radical (unpaired) electrons. The fourth-order valence-corrected chi connectivity index (χ4v) is 4.34. The number of nitrogens with one attached hydrogen (secondary N) is 4. The van der Waals surface area contributed by atoms with Gasteiger partial charge in [-0.05, 0) is 37.5 Å². The smallest absolute Gasteiger partial charge is 0.322 e. The van der Waals surface area contributed by atoms with Crippen LogP contribution in [0.5, 0.6) is 0 Å². The number of carbonyl (C=O) groups excluding carboxylic acids is 4. The number of aliphatic hydroxyl groups is 1. The van der Waals surface area contributed by atoms with Crippen LogP contribution in [0.15, 0.2) is 0 Å². The van der Waals surface area contributed by atoms with Crippen molar-refractivity contribution in [2.75, 3.05) is 11.0 Å². The highest BCUT2D eigenvalue weighted by molar-refractivity contribution is 14.1. The first kappa shape index (κ1) is 17.4. The van der Waals surface area contributed by atoms with Gasteiger partial charge < -0.3 is 15.7 Å². The van der Waals surface area contributed by atoms with E-state index in [1.165, 1.54) is 0 Å². The number of urea groups is 2. The van der Waals surface area contributed by atoms with Gasteiger partial charge in [-0.1, -0.05) is 22.6 Å². The Labute approximate surface area is 151 Å². The molecule has 132 valence electrons. The first-order chi connectivity index (χ1) is 11.3. The van der Waals surface area contributed by atoms with Crippen molar-refractivity contribution in [2.45, 2.75) is 36.8 Å². The molecule has 0 aromatic rings. The van der Waals surface area contributed by atoms with Crippen molar-refractivity contribution in [1.29, 1.82) is 0 Å². The van der Waals surface area contributed by atoms with Crippen molar-refractivity contribution in [3.8, 4) is 0 Å². The van der Waals surface area contributed by atoms with Crippen LogP contribution in [0.1, 0.15) is 25.7 Å². The summed E-state index contributed by atoms with van der Waals surface area (Å²) < 4.78 is 1.06. The monoisotopic (exact) mass is 450 g/mol. The van der Waals surface area contributed by atoms with Gasteiger partial charge in [-0.25, -0.2) is 9.59 Å². The molecule has 4 aliphatic rings. The normalized spacial score (nSPS) is 39.2. The fourth-order valence-electron chi connectivity index (χ4n) is 3.72. The van der Waals surface area contributed by atoms with Crippen LogP contribution in [0.25, 0.3) is 0 Å². The molecule has 2 saturated carbocycles. The van der Waals surface area contributed by atoms with Gasteiger partial charge in [-0.15, -0.1) is 0 Å². The van der Waals surface area contributed by atoms with Crippen molar-refractivity contribution >= 4 is 46.5 Å². The lowest BCUT2D eigenvalue weighted by molar-refractivity contribution is -0.129. The zero-order chi connectivity index (χ0) is 17.5. The summed E-state index contributed by atoms with van der Waals surface area (Å²) in [5, 5.41) is 18.4. The predicted molar refractivity (Wildman–Crippen MR) is 90.2 cm³/mol. The predicted octanol–water partition coefficient (Wildman–Crippen LogP) is -0.623. The molecular weight excluding hydrogens is 431 g/mol. The molecule has 2 aliphatic carbocycles. The maximum Gasteiger partial charge on any atom is 0.322 e. The van der Waals surface area contributed by atoms with E-state index in [9.17, 15) is 19.2 Å². The van der Waals surface area contributed by atoms with Gasteiger partial charge in [0, 0.05) is 11.0 Å². The highest BCUT2D eigenvalue weighted by Gasteiger charge is 2.55. The first-order valence-electron chi connectivity index (χ1n) is 7.76. The molecule has 6 amide bonds. The topological polar surface area (TPSA) is 137 Å². The van der Waals surface area contributed by atoms with Crippen molar-refractivity contribution in [2.24, 2.45) is 11.8 Å². The minimum atomic E-state index is -0.690. The van der Waals surface area contributed by atoms with E-state index in [1.54, 1.807) is 0 Å². The van der Waals surface area contributed by atoms with Gasteiger partial charge in [-0.2, -0.15) is 0 Å². The molecule has 0 atom stereocenters. The zero-order valence-corrected chi connectivity index (χ0v) is 15.0. The van der Waals surface area contributed by atoms with Gasteiger partial charge in [-0.3, -0.25) is 20.2 Å². The number of alkyl halides is 1. The fraction of sp³-hybridized carbons (Fsp3) is 0.714. The molecule has 0 aromatic heterocycles. The Morgan fingerprint density at radius 2 is 1.29 bits per heavy atom. The van der Waals surface area contributed by atoms with Crippen LogP contribution in [0.2, 0.25) is 0 Å². The summed E-state index contributed by atoms with van der Waals surface area (Å²) >= 11 is 2.30. The highest BCUT2D eigenvalue weighted by Crippen LogP contribution is 2.41. The SMILES string of the molecule is O=C1NC(=O)C2(CC(CI)C2)N1.O=C1NC(=O)C2(CC(CO)C2)N1. The van der Waals surface area contributed by atoms with Crippen LogP contribution < -0.4 is 21.3 Å². The maximum atomic E-state index is 11.3. The van der Waals surface area contributed by atoms with E-state index in [2.05, 4.69) is 43.9 Å². The van der Waals surface area contributed by atoms with Crippen LogP contribution >= 0.6 is 22.6 Å². The summed E-state index contributed by atoms with van der Waals surface area (Å²) in [6.45, 7) is 0.0882. The van der Waals surface area contributed by atoms with E-state index in [4.69, 9.17) is 5.11 Å². The molecule has 4 fully saturated rings. The van der Waals surface area contributed by atoms with E-state index in [0.29, 0.717) is 18.8 Å². The van der Waals surface area contributed by atoms with Crippen LogP contribution in [0.4, 0.5) is 9.59 Å². The van der Waals surface area contributed by atoms with E-state index in [0.717, 1.165) is 17.3 Å². The lowest BCUT2D eigenvalue weighted by Crippen LogP contribution is -2.57. The van der Waals surface area contributed by atoms with Crippen LogP contribution in [-0.2, 0) is 9.59 Å². The van der Waals surface area contributed by atoms with Gasteiger partial charge in [0.2, 0.25) is 0 Å². The third-order valence-corrected chi connectivity index (χ3v) is 6.30. The minimum absolute atomic E-state index is 0.0882. The maximum absolute atomic E-state index is 11.3. The molecule has 2 spiro atoms. The summed E-state index contributed by atoms with van der Waals surface area (Å²) in [5.41, 5.74) is -1.22. The summed E-state index contributed by atoms with van der Waals surface area (Å²) in [7, 11) is 0. The first-order valence-corrected chi connectivity index (χ1v) is 9.29. The molecule has 5 N–H and O–H groups in total. The molecular formula is C14H19IN4O5. The Balaban J connectivity index is 0.000000141. The summed E-state index contributed by atoms with van der Waals surface area (Å²) in [6.07, 6.45) is 2.71. The Hall–Kier alpha value is -1.43. The number of halogens is 1. The number of hydrogen-bond acceptors (Lipinski definition) is 5. The second-order valence-electron chi connectivity index (χ2n) is 6.87. The Morgan fingerprint density at radius 1 is 0.875 bits per heavy atom. The van der Waals surface area contributed by atoms with Crippen LogP contribution in [0, 0.1) is 11.8 Å². The van der Waals surface area contributed by atoms with Gasteiger partial charge in [0.15, 0.2) is 0 Å². The molecule has 2 saturated heterocycles. The number of imide groups is 2. The summed E-state index contributed by atoms with van der Waals surface area (Å²) in [6, 6.07) is -0.761. The molecule has 4 rings (SSSR count). The summed E-state index contributed by atoms with van der Waals surface area (Å²) in [4.78, 5) is 44.0. The zero-order valence-electron chi connectivity index (χ0n) is 12.9. The number of rotatable bonds is 2. The third-order valence-electron chi connectivity index (χ3n) is 5.05. The van der Waals surface area contributed by atoms with Crippen molar-refractivity contribution in [3.05, 3.63) is 0 Å². The Bertz CT molecular complexity index is 546. The van der Waals surface area contributed by atoms with Gasteiger partial charge >= 0.3 is 12.1 Å². The standard InChI is InChI=1S/C7H9IN2O2.C7H10N2O3/c8-3-4-1-7(2-4)5(11)9-6(12)10-7;10-3-4-1-7(2-4)5(11)8-6(12)9-7/h4H,1-3H2,(H2,9,10,11,12);4,10H,1-3H2,(H2,8,9,11,12). The van der Waals surface area contributed by atoms with Gasteiger partial charge in [0.05, 0.1) is 0 Å². The molecule has 24 heavy (non-hydrogen) atoms. The Morgan fingerprint density at radius 3 is 1.58 bits per heavy atom.